The minimum Gasteiger partial charge on any atom is -0.258 e. The number of nitro groups is 1. The van der Waals surface area contributed by atoms with Gasteiger partial charge in [-0.1, -0.05) is 31.9 Å². The van der Waals surface area contributed by atoms with Gasteiger partial charge in [-0.15, -0.1) is 11.8 Å². The first kappa shape index (κ1) is 13.8. The number of thioether (sulfide) groups is 1. The van der Waals surface area contributed by atoms with Crippen molar-refractivity contribution in [1.82, 2.24) is 4.98 Å². The van der Waals surface area contributed by atoms with E-state index in [-0.39, 0.29) is 10.6 Å². The summed E-state index contributed by atoms with van der Waals surface area (Å²) in [7, 11) is 0. The van der Waals surface area contributed by atoms with Crippen molar-refractivity contribution in [2.75, 3.05) is 5.75 Å². The van der Waals surface area contributed by atoms with Gasteiger partial charge in [0.1, 0.15) is 5.03 Å². The molecule has 100 valence electrons. The monoisotopic (exact) mass is 276 g/mol. The van der Waals surface area contributed by atoms with Crippen LogP contribution < -0.4 is 0 Å². The van der Waals surface area contributed by atoms with Crippen LogP contribution in [0, 0.1) is 10.1 Å². The van der Waals surface area contributed by atoms with Gasteiger partial charge in [-0.3, -0.25) is 10.1 Å². The molecular weight excluding hydrogens is 260 g/mol. The Hall–Kier alpha value is -1.62. The smallest absolute Gasteiger partial charge is 0.258 e. The van der Waals surface area contributed by atoms with Crippen LogP contribution in [0.15, 0.2) is 35.4 Å². The predicted octanol–water partition coefficient (Wildman–Crippen LogP) is 4.43. The van der Waals surface area contributed by atoms with Gasteiger partial charge < -0.3 is 0 Å². The third kappa shape index (κ3) is 3.44. The number of rotatable bonds is 6. The Kier molecular flexibility index (Phi) is 4.74. The Balaban J connectivity index is 2.27. The number of aromatic nitrogens is 1. The van der Waals surface area contributed by atoms with Crippen molar-refractivity contribution in [1.29, 1.82) is 0 Å². The van der Waals surface area contributed by atoms with E-state index in [9.17, 15) is 10.1 Å². The largest absolute Gasteiger partial charge is 0.281 e. The maximum atomic E-state index is 11.1. The number of unbranched alkanes of at least 4 members (excludes halogenated alkanes) is 2. The molecule has 0 spiro atoms. The zero-order valence-electron chi connectivity index (χ0n) is 10.8. The minimum atomic E-state index is -0.333. The van der Waals surface area contributed by atoms with Crippen LogP contribution in [0.3, 0.4) is 0 Å². The number of benzene rings is 1. The third-order valence-electron chi connectivity index (χ3n) is 2.87. The van der Waals surface area contributed by atoms with Crippen LogP contribution in [0.1, 0.15) is 26.2 Å². The third-order valence-corrected chi connectivity index (χ3v) is 3.86. The fourth-order valence-electron chi connectivity index (χ4n) is 1.89. The standard InChI is InChI=1S/C14H16N2O2S/c1-2-3-6-9-19-14-10-13(16(17)18)11-7-4-5-8-12(11)15-14/h4-5,7-8,10H,2-3,6,9H2,1H3. The molecule has 0 N–H and O–H groups in total. The quantitative estimate of drug-likeness (QED) is 0.339. The van der Waals surface area contributed by atoms with E-state index in [1.165, 1.54) is 12.8 Å². The molecule has 4 nitrogen and oxygen atoms in total. The van der Waals surface area contributed by atoms with Gasteiger partial charge in [0.05, 0.1) is 15.8 Å². The zero-order valence-corrected chi connectivity index (χ0v) is 11.7. The molecule has 5 heteroatoms. The molecule has 1 heterocycles. The van der Waals surface area contributed by atoms with Gasteiger partial charge in [0, 0.05) is 6.07 Å². The number of hydrogen-bond acceptors (Lipinski definition) is 4. The molecular formula is C14H16N2O2S. The fourth-order valence-corrected chi connectivity index (χ4v) is 2.80. The van der Waals surface area contributed by atoms with E-state index in [1.54, 1.807) is 30.0 Å². The van der Waals surface area contributed by atoms with Gasteiger partial charge in [0.15, 0.2) is 0 Å². The van der Waals surface area contributed by atoms with E-state index < -0.39 is 0 Å². The van der Waals surface area contributed by atoms with Gasteiger partial charge in [0.2, 0.25) is 0 Å². The van der Waals surface area contributed by atoms with Crippen LogP contribution in [0.5, 0.6) is 0 Å². The second kappa shape index (κ2) is 6.52. The molecule has 0 saturated heterocycles. The fraction of sp³-hybridized carbons (Fsp3) is 0.357. The lowest BCUT2D eigenvalue weighted by Crippen LogP contribution is -1.93. The Labute approximate surface area is 116 Å². The molecule has 0 unspecified atom stereocenters. The van der Waals surface area contributed by atoms with Crippen LogP contribution in [0.2, 0.25) is 0 Å². The summed E-state index contributed by atoms with van der Waals surface area (Å²) in [5, 5.41) is 12.5. The molecule has 0 amide bonds. The van der Waals surface area contributed by atoms with Crippen LogP contribution in [-0.2, 0) is 0 Å². The Bertz CT molecular complexity index is 587. The normalized spacial score (nSPS) is 10.8. The minimum absolute atomic E-state index is 0.142. The van der Waals surface area contributed by atoms with E-state index in [0.29, 0.717) is 10.9 Å². The van der Waals surface area contributed by atoms with E-state index in [0.717, 1.165) is 17.2 Å². The zero-order chi connectivity index (χ0) is 13.7. The topological polar surface area (TPSA) is 56.0 Å². The molecule has 2 rings (SSSR count). The van der Waals surface area contributed by atoms with Crippen LogP contribution in [-0.4, -0.2) is 15.7 Å². The van der Waals surface area contributed by atoms with E-state index in [4.69, 9.17) is 0 Å². The van der Waals surface area contributed by atoms with Crippen LogP contribution in [0.25, 0.3) is 10.9 Å². The van der Waals surface area contributed by atoms with E-state index in [2.05, 4.69) is 11.9 Å². The maximum absolute atomic E-state index is 11.1. The molecule has 1 aromatic heterocycles. The lowest BCUT2D eigenvalue weighted by molar-refractivity contribution is -0.383. The Morgan fingerprint density at radius 3 is 2.84 bits per heavy atom. The molecule has 0 atom stereocenters. The number of pyridine rings is 1. The molecule has 0 bridgehead atoms. The molecule has 0 aliphatic carbocycles. The summed E-state index contributed by atoms with van der Waals surface area (Å²) in [6.07, 6.45) is 3.47. The Morgan fingerprint density at radius 1 is 1.32 bits per heavy atom. The van der Waals surface area contributed by atoms with Crippen molar-refractivity contribution in [3.63, 3.8) is 0 Å². The van der Waals surface area contributed by atoms with Crippen molar-refractivity contribution < 1.29 is 4.92 Å². The highest BCUT2D eigenvalue weighted by molar-refractivity contribution is 7.99. The number of para-hydroxylation sites is 1. The van der Waals surface area contributed by atoms with Crippen molar-refractivity contribution in [3.8, 4) is 0 Å². The first-order valence-electron chi connectivity index (χ1n) is 6.39. The number of hydrogen-bond donors (Lipinski definition) is 0. The first-order chi connectivity index (χ1) is 9.22. The Morgan fingerprint density at radius 2 is 2.11 bits per heavy atom. The molecule has 0 aliphatic heterocycles. The summed E-state index contributed by atoms with van der Waals surface area (Å²) in [5.41, 5.74) is 0.832. The van der Waals surface area contributed by atoms with Gasteiger partial charge >= 0.3 is 0 Å². The highest BCUT2D eigenvalue weighted by atomic mass is 32.2. The predicted molar refractivity (Wildman–Crippen MR) is 78.6 cm³/mol. The summed E-state index contributed by atoms with van der Waals surface area (Å²) in [6.45, 7) is 2.16. The molecule has 0 radical (unpaired) electrons. The second-order valence-corrected chi connectivity index (χ2v) is 5.42. The second-order valence-electron chi connectivity index (χ2n) is 4.31. The summed E-state index contributed by atoms with van der Waals surface area (Å²) in [5.74, 6) is 0.955. The average Bonchev–Trinajstić information content (AvgIpc) is 2.42. The molecule has 0 fully saturated rings. The van der Waals surface area contributed by atoms with Gasteiger partial charge in [-0.2, -0.15) is 0 Å². The van der Waals surface area contributed by atoms with Gasteiger partial charge in [0.25, 0.3) is 5.69 Å². The molecule has 0 saturated carbocycles. The lowest BCUT2D eigenvalue weighted by atomic mass is 10.2. The number of fused-ring (bicyclic) bond motifs is 1. The molecule has 1 aromatic carbocycles. The van der Waals surface area contributed by atoms with Gasteiger partial charge in [-0.05, 0) is 24.3 Å². The summed E-state index contributed by atoms with van der Waals surface area (Å²) < 4.78 is 0. The van der Waals surface area contributed by atoms with Crippen molar-refractivity contribution in [3.05, 3.63) is 40.4 Å². The average molecular weight is 276 g/mol. The summed E-state index contributed by atoms with van der Waals surface area (Å²) >= 11 is 1.59. The van der Waals surface area contributed by atoms with E-state index >= 15 is 0 Å². The SMILES string of the molecule is CCCCCSc1cc([N+](=O)[O-])c2ccccc2n1. The maximum Gasteiger partial charge on any atom is 0.281 e. The van der Waals surface area contributed by atoms with Crippen LogP contribution >= 0.6 is 11.8 Å². The molecule has 19 heavy (non-hydrogen) atoms. The highest BCUT2D eigenvalue weighted by Gasteiger charge is 2.14. The van der Waals surface area contributed by atoms with Gasteiger partial charge in [-0.25, -0.2) is 4.98 Å². The molecule has 0 aliphatic rings. The first-order valence-corrected chi connectivity index (χ1v) is 7.38. The summed E-state index contributed by atoms with van der Waals surface area (Å²) in [4.78, 5) is 15.3. The van der Waals surface area contributed by atoms with E-state index in [1.807, 2.05) is 12.1 Å². The highest BCUT2D eigenvalue weighted by Crippen LogP contribution is 2.29. The van der Waals surface area contributed by atoms with Crippen LogP contribution in [0.4, 0.5) is 5.69 Å². The summed E-state index contributed by atoms with van der Waals surface area (Å²) in [6, 6.07) is 8.79. The van der Waals surface area contributed by atoms with Crippen molar-refractivity contribution in [2.24, 2.45) is 0 Å². The lowest BCUT2D eigenvalue weighted by Gasteiger charge is -2.04. The van der Waals surface area contributed by atoms with Crippen molar-refractivity contribution in [2.45, 2.75) is 31.2 Å². The van der Waals surface area contributed by atoms with Crippen molar-refractivity contribution >= 4 is 28.4 Å². The number of nitrogens with zero attached hydrogens (tertiary/aromatic N) is 2. The molecule has 2 aromatic rings.